The normalized spacial score (nSPS) is 15.9. The number of halogens is 1. The zero-order chi connectivity index (χ0) is 19.9. The predicted molar refractivity (Wildman–Crippen MR) is 101 cm³/mol. The van der Waals surface area contributed by atoms with E-state index in [1.165, 1.54) is 24.3 Å². The van der Waals surface area contributed by atoms with Crippen molar-refractivity contribution in [3.05, 3.63) is 53.6 Å². The Morgan fingerprint density at radius 2 is 2.07 bits per heavy atom. The standard InChI is InChI=1S/C17H15FN6O3S/c18-9-1-3-12-11(7-9)15-13(5-6-20-17(25)16(15)22-12)23-24-14-4-2-10(8-21-14)28(19,26)27/h1-4,7-8,22H,5-6H2,(H,20,25)(H,21,24)(H2,19,26,27). The van der Waals surface area contributed by atoms with Crippen molar-refractivity contribution in [1.82, 2.24) is 15.3 Å². The lowest BCUT2D eigenvalue weighted by Gasteiger charge is -2.06. The molecule has 0 unspecified atom stereocenters. The Morgan fingerprint density at radius 3 is 2.79 bits per heavy atom. The van der Waals surface area contributed by atoms with Crippen molar-refractivity contribution in [3.63, 3.8) is 0 Å². The summed E-state index contributed by atoms with van der Waals surface area (Å²) in [4.78, 5) is 19.2. The van der Waals surface area contributed by atoms with Crippen LogP contribution in [0.25, 0.3) is 10.9 Å². The minimum absolute atomic E-state index is 0.121. The van der Waals surface area contributed by atoms with Crippen LogP contribution >= 0.6 is 0 Å². The molecule has 4 rings (SSSR count). The summed E-state index contributed by atoms with van der Waals surface area (Å²) in [6.45, 7) is 0.358. The van der Waals surface area contributed by atoms with E-state index in [1.54, 1.807) is 6.07 Å². The fraction of sp³-hybridized carbons (Fsp3) is 0.118. The molecule has 0 radical (unpaired) electrons. The van der Waals surface area contributed by atoms with Crippen molar-refractivity contribution in [1.29, 1.82) is 0 Å². The van der Waals surface area contributed by atoms with E-state index in [9.17, 15) is 17.6 Å². The lowest BCUT2D eigenvalue weighted by molar-refractivity contribution is 0.0952. The molecule has 0 saturated heterocycles. The number of benzene rings is 1. The van der Waals surface area contributed by atoms with Gasteiger partial charge in [-0.2, -0.15) is 5.10 Å². The van der Waals surface area contributed by atoms with Gasteiger partial charge in [-0.25, -0.2) is 22.9 Å². The van der Waals surface area contributed by atoms with Crippen LogP contribution < -0.4 is 15.9 Å². The number of carbonyl (C=O) groups is 1. The van der Waals surface area contributed by atoms with Gasteiger partial charge in [0.05, 0.1) is 5.71 Å². The Kier molecular flexibility index (Phi) is 4.32. The van der Waals surface area contributed by atoms with Gasteiger partial charge in [-0.1, -0.05) is 0 Å². The van der Waals surface area contributed by atoms with Crippen molar-refractivity contribution < 1.29 is 17.6 Å². The molecule has 1 aliphatic heterocycles. The van der Waals surface area contributed by atoms with Crippen LogP contribution in [-0.4, -0.2) is 36.5 Å². The highest BCUT2D eigenvalue weighted by Gasteiger charge is 2.25. The molecule has 9 nitrogen and oxygen atoms in total. The zero-order valence-corrected chi connectivity index (χ0v) is 15.2. The van der Waals surface area contributed by atoms with Crippen molar-refractivity contribution in [2.45, 2.75) is 11.3 Å². The van der Waals surface area contributed by atoms with E-state index in [2.05, 4.69) is 25.8 Å². The van der Waals surface area contributed by atoms with E-state index >= 15 is 0 Å². The largest absolute Gasteiger partial charge is 0.350 e. The Morgan fingerprint density at radius 1 is 1.25 bits per heavy atom. The fourth-order valence-corrected chi connectivity index (χ4v) is 3.45. The average Bonchev–Trinajstić information content (AvgIpc) is 2.95. The number of hydrogen-bond donors (Lipinski definition) is 4. The molecular weight excluding hydrogens is 387 g/mol. The number of hydrogen-bond acceptors (Lipinski definition) is 6. The first-order valence-corrected chi connectivity index (χ1v) is 9.79. The smallest absolute Gasteiger partial charge is 0.268 e. The van der Waals surface area contributed by atoms with E-state index in [1.807, 2.05) is 0 Å². The minimum atomic E-state index is -3.84. The van der Waals surface area contributed by atoms with Gasteiger partial charge in [0.2, 0.25) is 10.0 Å². The quantitative estimate of drug-likeness (QED) is 0.489. The summed E-state index contributed by atoms with van der Waals surface area (Å²) in [5.41, 5.74) is 4.70. The molecule has 0 aliphatic carbocycles. The molecule has 28 heavy (non-hydrogen) atoms. The van der Waals surface area contributed by atoms with Crippen molar-refractivity contribution in [2.75, 3.05) is 12.0 Å². The summed E-state index contributed by atoms with van der Waals surface area (Å²) in [6, 6.07) is 6.93. The van der Waals surface area contributed by atoms with E-state index in [0.717, 1.165) is 6.20 Å². The van der Waals surface area contributed by atoms with Crippen LogP contribution in [0.1, 0.15) is 22.5 Å². The molecule has 0 atom stereocenters. The summed E-state index contributed by atoms with van der Waals surface area (Å²) >= 11 is 0. The number of nitrogens with zero attached hydrogens (tertiary/aromatic N) is 2. The van der Waals surface area contributed by atoms with Crippen LogP contribution in [0.4, 0.5) is 10.2 Å². The molecular formula is C17H15FN6O3S. The monoisotopic (exact) mass is 402 g/mol. The van der Waals surface area contributed by atoms with Crippen LogP contribution in [0.2, 0.25) is 0 Å². The number of fused-ring (bicyclic) bond motifs is 3. The maximum absolute atomic E-state index is 13.8. The van der Waals surface area contributed by atoms with E-state index in [4.69, 9.17) is 5.14 Å². The first-order chi connectivity index (χ1) is 13.3. The number of sulfonamides is 1. The topological polar surface area (TPSA) is 142 Å². The molecule has 3 heterocycles. The third-order valence-corrected chi connectivity index (χ3v) is 5.19. The van der Waals surface area contributed by atoms with Crippen molar-refractivity contribution in [2.24, 2.45) is 10.2 Å². The number of aromatic amines is 1. The number of rotatable bonds is 3. The molecule has 5 N–H and O–H groups in total. The third kappa shape index (κ3) is 3.32. The Bertz CT molecular complexity index is 1220. The van der Waals surface area contributed by atoms with Crippen molar-refractivity contribution >= 4 is 38.4 Å². The Hall–Kier alpha value is -3.31. The number of nitrogens with one attached hydrogen (secondary N) is 3. The Labute approximate surface area is 158 Å². The molecule has 0 fully saturated rings. The number of amides is 1. The highest BCUT2D eigenvalue weighted by Crippen LogP contribution is 2.27. The van der Waals surface area contributed by atoms with E-state index < -0.39 is 15.8 Å². The van der Waals surface area contributed by atoms with Crippen LogP contribution in [0.3, 0.4) is 0 Å². The van der Waals surface area contributed by atoms with E-state index in [0.29, 0.717) is 40.8 Å². The van der Waals surface area contributed by atoms with Gasteiger partial charge >= 0.3 is 0 Å². The number of hydrazone groups is 1. The van der Waals surface area contributed by atoms with E-state index in [-0.39, 0.29) is 16.6 Å². The van der Waals surface area contributed by atoms with Gasteiger partial charge in [0.15, 0.2) is 0 Å². The van der Waals surface area contributed by atoms with Crippen molar-refractivity contribution in [3.8, 4) is 0 Å². The second kappa shape index (κ2) is 6.69. The van der Waals surface area contributed by atoms with Gasteiger partial charge in [0.1, 0.15) is 22.2 Å². The molecule has 1 amide bonds. The Balaban J connectivity index is 1.74. The summed E-state index contributed by atoms with van der Waals surface area (Å²) in [7, 11) is -3.84. The fourth-order valence-electron chi connectivity index (χ4n) is 2.99. The summed E-state index contributed by atoms with van der Waals surface area (Å²) in [6.07, 6.45) is 1.52. The highest BCUT2D eigenvalue weighted by molar-refractivity contribution is 7.89. The van der Waals surface area contributed by atoms with Gasteiger partial charge in [-0.05, 0) is 30.3 Å². The van der Waals surface area contributed by atoms with Crippen LogP contribution in [0.5, 0.6) is 0 Å². The number of nitrogens with two attached hydrogens (primary N) is 1. The summed E-state index contributed by atoms with van der Waals surface area (Å²) < 4.78 is 36.3. The molecule has 144 valence electrons. The molecule has 3 aromatic rings. The molecule has 2 aromatic heterocycles. The van der Waals surface area contributed by atoms with Gasteiger partial charge in [0, 0.05) is 35.6 Å². The number of anilines is 1. The van der Waals surface area contributed by atoms with Crippen LogP contribution in [-0.2, 0) is 10.0 Å². The lowest BCUT2D eigenvalue weighted by atomic mass is 10.0. The molecule has 0 bridgehead atoms. The first-order valence-electron chi connectivity index (χ1n) is 8.24. The number of pyridine rings is 1. The lowest BCUT2D eigenvalue weighted by Crippen LogP contribution is -2.23. The molecule has 1 aromatic carbocycles. The van der Waals surface area contributed by atoms with Gasteiger partial charge in [-0.3, -0.25) is 10.2 Å². The zero-order valence-electron chi connectivity index (χ0n) is 14.4. The number of carbonyl (C=O) groups excluding carboxylic acids is 1. The summed E-state index contributed by atoms with van der Waals surface area (Å²) in [5, 5.41) is 12.7. The third-order valence-electron chi connectivity index (χ3n) is 4.29. The molecule has 0 saturated carbocycles. The molecule has 0 spiro atoms. The van der Waals surface area contributed by atoms with Gasteiger partial charge in [-0.15, -0.1) is 0 Å². The summed E-state index contributed by atoms with van der Waals surface area (Å²) in [5.74, 6) is -0.435. The second-order valence-corrected chi connectivity index (χ2v) is 7.73. The predicted octanol–water partition coefficient (Wildman–Crippen LogP) is 1.30. The maximum Gasteiger partial charge on any atom is 0.268 e. The highest BCUT2D eigenvalue weighted by atomic mass is 32.2. The number of H-pyrrole nitrogens is 1. The average molecular weight is 402 g/mol. The second-order valence-electron chi connectivity index (χ2n) is 6.17. The number of aromatic nitrogens is 2. The number of primary sulfonamides is 1. The molecule has 11 heteroatoms. The van der Waals surface area contributed by atoms with Gasteiger partial charge < -0.3 is 10.3 Å². The minimum Gasteiger partial charge on any atom is -0.350 e. The molecule has 1 aliphatic rings. The van der Waals surface area contributed by atoms with Gasteiger partial charge in [0.25, 0.3) is 5.91 Å². The first kappa shape index (κ1) is 18.1. The SMILES string of the molecule is NS(=O)(=O)c1ccc(NN=C2CCNC(=O)c3[nH]c4ccc(F)cc4c32)nc1. The maximum atomic E-state index is 13.8. The van der Waals surface area contributed by atoms with Crippen LogP contribution in [0, 0.1) is 5.82 Å². The van der Waals surface area contributed by atoms with Crippen LogP contribution in [0.15, 0.2) is 46.5 Å².